The molecule has 88 valence electrons. The van der Waals surface area contributed by atoms with Gasteiger partial charge in [0.1, 0.15) is 18.0 Å². The zero-order chi connectivity index (χ0) is 11.4. The molecule has 0 saturated heterocycles. The Bertz CT molecular complexity index is 337. The van der Waals surface area contributed by atoms with Gasteiger partial charge in [0.25, 0.3) is 0 Å². The maximum atomic E-state index is 5.61. The minimum atomic E-state index is 0.523. The maximum Gasteiger partial charge on any atom is 0.131 e. The molecule has 1 fully saturated rings. The smallest absolute Gasteiger partial charge is 0.131 e. The molecule has 0 aromatic carbocycles. The Morgan fingerprint density at radius 3 is 2.69 bits per heavy atom. The van der Waals surface area contributed by atoms with Crippen LogP contribution in [0.4, 0.5) is 11.6 Å². The number of thioether (sulfide) groups is 1. The highest BCUT2D eigenvalue weighted by molar-refractivity contribution is 7.99. The molecule has 1 saturated carbocycles. The molecule has 4 nitrogen and oxygen atoms in total. The summed E-state index contributed by atoms with van der Waals surface area (Å²) in [4.78, 5) is 8.05. The molecule has 1 aliphatic carbocycles. The highest BCUT2D eigenvalue weighted by Gasteiger charge is 2.20. The van der Waals surface area contributed by atoms with Crippen molar-refractivity contribution in [2.24, 2.45) is 0 Å². The van der Waals surface area contributed by atoms with E-state index in [-0.39, 0.29) is 0 Å². The summed E-state index contributed by atoms with van der Waals surface area (Å²) >= 11 is 1.98. The molecule has 0 spiro atoms. The van der Waals surface area contributed by atoms with Crippen molar-refractivity contribution in [2.75, 3.05) is 17.3 Å². The second kappa shape index (κ2) is 5.39. The average molecular weight is 238 g/mol. The molecular formula is C11H18N4S. The molecule has 1 aromatic rings. The number of nitrogen functional groups attached to an aromatic ring is 1. The van der Waals surface area contributed by atoms with Crippen LogP contribution in [0.5, 0.6) is 0 Å². The first-order chi connectivity index (χ1) is 7.78. The third-order valence-corrected chi connectivity index (χ3v) is 4.19. The lowest BCUT2D eigenvalue weighted by Gasteiger charge is -2.28. The fourth-order valence-corrected chi connectivity index (χ4v) is 2.85. The molecule has 0 unspecified atom stereocenters. The van der Waals surface area contributed by atoms with Gasteiger partial charge >= 0.3 is 0 Å². The topological polar surface area (TPSA) is 63.8 Å². The van der Waals surface area contributed by atoms with E-state index in [4.69, 9.17) is 5.73 Å². The molecule has 0 aliphatic heterocycles. The van der Waals surface area contributed by atoms with E-state index >= 15 is 0 Å². The van der Waals surface area contributed by atoms with Crippen LogP contribution in [0.2, 0.25) is 0 Å². The summed E-state index contributed by atoms with van der Waals surface area (Å²) in [7, 11) is 0. The van der Waals surface area contributed by atoms with Gasteiger partial charge in [-0.1, -0.05) is 0 Å². The van der Waals surface area contributed by atoms with Gasteiger partial charge in [0.05, 0.1) is 0 Å². The first-order valence-corrected chi connectivity index (χ1v) is 6.93. The first kappa shape index (κ1) is 11.5. The molecule has 0 atom stereocenters. The summed E-state index contributed by atoms with van der Waals surface area (Å²) in [6, 6.07) is 2.33. The summed E-state index contributed by atoms with van der Waals surface area (Å²) in [5.74, 6) is 1.37. The van der Waals surface area contributed by atoms with E-state index < -0.39 is 0 Å². The zero-order valence-electron chi connectivity index (χ0n) is 9.52. The molecule has 3 N–H and O–H groups in total. The van der Waals surface area contributed by atoms with Crippen molar-refractivity contribution in [2.45, 2.75) is 37.0 Å². The van der Waals surface area contributed by atoms with Gasteiger partial charge in [-0.25, -0.2) is 9.97 Å². The Hall–Kier alpha value is -0.970. The molecule has 16 heavy (non-hydrogen) atoms. The van der Waals surface area contributed by atoms with Gasteiger partial charge < -0.3 is 11.1 Å². The summed E-state index contributed by atoms with van der Waals surface area (Å²) < 4.78 is 0. The highest BCUT2D eigenvalue weighted by Crippen LogP contribution is 2.28. The number of aromatic nitrogens is 2. The minimum Gasteiger partial charge on any atom is -0.384 e. The van der Waals surface area contributed by atoms with Crippen molar-refractivity contribution in [1.29, 1.82) is 0 Å². The summed E-state index contributed by atoms with van der Waals surface area (Å²) in [6.45, 7) is 0. The van der Waals surface area contributed by atoms with Crippen molar-refractivity contribution >= 4 is 23.4 Å². The van der Waals surface area contributed by atoms with E-state index in [0.29, 0.717) is 11.9 Å². The monoisotopic (exact) mass is 238 g/mol. The van der Waals surface area contributed by atoms with E-state index in [9.17, 15) is 0 Å². The lowest BCUT2D eigenvalue weighted by molar-refractivity contribution is 0.472. The van der Waals surface area contributed by atoms with Gasteiger partial charge in [-0.15, -0.1) is 0 Å². The Morgan fingerprint density at radius 2 is 2.06 bits per heavy atom. The van der Waals surface area contributed by atoms with Crippen LogP contribution in [-0.2, 0) is 0 Å². The standard InChI is InChI=1S/C11H18N4S/c1-16-9-4-2-8(3-5-9)15-11-6-10(12)13-7-14-11/h6-9H,2-5H2,1H3,(H3,12,13,14,15). The molecule has 0 bridgehead atoms. The van der Waals surface area contributed by atoms with Crippen molar-refractivity contribution in [3.05, 3.63) is 12.4 Å². The number of hydrogen-bond acceptors (Lipinski definition) is 5. The maximum absolute atomic E-state index is 5.61. The molecule has 1 aromatic heterocycles. The first-order valence-electron chi connectivity index (χ1n) is 5.65. The average Bonchev–Trinajstić information content (AvgIpc) is 2.30. The summed E-state index contributed by atoms with van der Waals surface area (Å²) in [6.07, 6.45) is 8.72. The lowest BCUT2D eigenvalue weighted by Crippen LogP contribution is -2.27. The number of nitrogens with one attached hydrogen (secondary N) is 1. The normalized spacial score (nSPS) is 25.3. The molecule has 0 amide bonds. The second-order valence-electron chi connectivity index (χ2n) is 4.18. The fraction of sp³-hybridized carbons (Fsp3) is 0.636. The molecule has 0 radical (unpaired) electrons. The highest BCUT2D eigenvalue weighted by atomic mass is 32.2. The van der Waals surface area contributed by atoms with E-state index in [1.54, 1.807) is 6.07 Å². The third kappa shape index (κ3) is 3.01. The van der Waals surface area contributed by atoms with E-state index in [0.717, 1.165) is 11.1 Å². The molecule has 1 aliphatic rings. The van der Waals surface area contributed by atoms with E-state index in [1.807, 2.05) is 11.8 Å². The number of anilines is 2. The molecule has 2 rings (SSSR count). The van der Waals surface area contributed by atoms with Gasteiger partial charge in [-0.2, -0.15) is 11.8 Å². The quantitative estimate of drug-likeness (QED) is 0.844. The Kier molecular flexibility index (Phi) is 3.88. The summed E-state index contributed by atoms with van der Waals surface area (Å²) in [5, 5.41) is 4.27. The minimum absolute atomic E-state index is 0.523. The van der Waals surface area contributed by atoms with Crippen LogP contribution >= 0.6 is 11.8 Å². The van der Waals surface area contributed by atoms with E-state index in [1.165, 1.54) is 32.0 Å². The number of rotatable bonds is 3. The number of hydrogen-bond donors (Lipinski definition) is 2. The molecule has 1 heterocycles. The third-order valence-electron chi connectivity index (χ3n) is 3.05. The number of nitrogens with zero attached hydrogens (tertiary/aromatic N) is 2. The largest absolute Gasteiger partial charge is 0.384 e. The van der Waals surface area contributed by atoms with Crippen LogP contribution < -0.4 is 11.1 Å². The van der Waals surface area contributed by atoms with Crippen LogP contribution in [0, 0.1) is 0 Å². The number of nitrogens with two attached hydrogens (primary N) is 1. The Balaban J connectivity index is 1.87. The second-order valence-corrected chi connectivity index (χ2v) is 5.32. The van der Waals surface area contributed by atoms with Crippen molar-refractivity contribution in [1.82, 2.24) is 9.97 Å². The van der Waals surface area contributed by atoms with Crippen LogP contribution in [0.1, 0.15) is 25.7 Å². The Labute approximate surface area is 100 Å². The molecule has 5 heteroatoms. The summed E-state index contributed by atoms with van der Waals surface area (Å²) in [5.41, 5.74) is 5.61. The van der Waals surface area contributed by atoms with Crippen LogP contribution in [-0.4, -0.2) is 27.5 Å². The van der Waals surface area contributed by atoms with E-state index in [2.05, 4.69) is 21.5 Å². The van der Waals surface area contributed by atoms with Crippen molar-refractivity contribution in [3.63, 3.8) is 0 Å². The predicted molar refractivity (Wildman–Crippen MR) is 69.6 cm³/mol. The van der Waals surface area contributed by atoms with Crippen LogP contribution in [0.15, 0.2) is 12.4 Å². The zero-order valence-corrected chi connectivity index (χ0v) is 10.3. The van der Waals surface area contributed by atoms with Gasteiger partial charge in [0.15, 0.2) is 0 Å². The van der Waals surface area contributed by atoms with Gasteiger partial charge in [-0.05, 0) is 31.9 Å². The van der Waals surface area contributed by atoms with Crippen molar-refractivity contribution < 1.29 is 0 Å². The predicted octanol–water partition coefficient (Wildman–Crippen LogP) is 2.14. The fourth-order valence-electron chi connectivity index (χ4n) is 2.10. The molecular weight excluding hydrogens is 220 g/mol. The Morgan fingerprint density at radius 1 is 1.31 bits per heavy atom. The van der Waals surface area contributed by atoms with Crippen LogP contribution in [0.3, 0.4) is 0 Å². The SMILES string of the molecule is CSC1CCC(Nc2cc(N)ncn2)CC1. The lowest BCUT2D eigenvalue weighted by atomic mass is 9.95. The van der Waals surface area contributed by atoms with Crippen molar-refractivity contribution in [3.8, 4) is 0 Å². The van der Waals surface area contributed by atoms with Gasteiger partial charge in [0, 0.05) is 17.4 Å². The van der Waals surface area contributed by atoms with Crippen LogP contribution in [0.25, 0.3) is 0 Å². The van der Waals surface area contributed by atoms with Gasteiger partial charge in [-0.3, -0.25) is 0 Å². The van der Waals surface area contributed by atoms with Gasteiger partial charge in [0.2, 0.25) is 0 Å².